The first-order valence-electron chi connectivity index (χ1n) is 5.32. The van der Waals surface area contributed by atoms with Gasteiger partial charge in [0, 0.05) is 20.6 Å². The average molecular weight is 225 g/mol. The summed E-state index contributed by atoms with van der Waals surface area (Å²) in [4.78, 5) is 26.1. The van der Waals surface area contributed by atoms with Gasteiger partial charge in [0.15, 0.2) is 0 Å². The zero-order chi connectivity index (χ0) is 12.7. The molecule has 5 nitrogen and oxygen atoms in total. The van der Waals surface area contributed by atoms with Gasteiger partial charge in [-0.2, -0.15) is 5.26 Å². The molecule has 0 aliphatic heterocycles. The van der Waals surface area contributed by atoms with E-state index < -0.39 is 5.92 Å². The van der Waals surface area contributed by atoms with Gasteiger partial charge in [0.1, 0.15) is 5.92 Å². The Hall–Kier alpha value is -1.57. The van der Waals surface area contributed by atoms with Crippen LogP contribution < -0.4 is 0 Å². The number of rotatable bonds is 5. The van der Waals surface area contributed by atoms with Gasteiger partial charge in [0.2, 0.25) is 11.8 Å². The number of nitriles is 1. The van der Waals surface area contributed by atoms with Crippen molar-refractivity contribution in [2.45, 2.75) is 20.3 Å². The predicted molar refractivity (Wildman–Crippen MR) is 60.3 cm³/mol. The highest BCUT2D eigenvalue weighted by molar-refractivity contribution is 5.86. The third kappa shape index (κ3) is 4.30. The van der Waals surface area contributed by atoms with Crippen molar-refractivity contribution in [3.63, 3.8) is 0 Å². The number of hydrogen-bond donors (Lipinski definition) is 0. The van der Waals surface area contributed by atoms with Crippen LogP contribution in [0.1, 0.15) is 20.3 Å². The summed E-state index contributed by atoms with van der Waals surface area (Å²) in [6, 6.07) is 1.89. The molecule has 0 bridgehead atoms. The molecule has 0 N–H and O–H groups in total. The van der Waals surface area contributed by atoms with E-state index in [0.717, 1.165) is 6.42 Å². The smallest absolute Gasteiger partial charge is 0.241 e. The molecule has 2 amide bonds. The number of amides is 2. The van der Waals surface area contributed by atoms with E-state index in [1.54, 1.807) is 21.0 Å². The number of carbonyl (C=O) groups excluding carboxylic acids is 2. The van der Waals surface area contributed by atoms with E-state index >= 15 is 0 Å². The molecule has 16 heavy (non-hydrogen) atoms. The highest BCUT2D eigenvalue weighted by Crippen LogP contribution is 2.03. The third-order valence-corrected chi connectivity index (χ3v) is 2.19. The van der Waals surface area contributed by atoms with E-state index in [4.69, 9.17) is 5.26 Å². The number of carbonyl (C=O) groups is 2. The summed E-state index contributed by atoms with van der Waals surface area (Å²) in [6.45, 7) is 4.03. The summed E-state index contributed by atoms with van der Waals surface area (Å²) in [5.41, 5.74) is 0. The molecule has 0 aliphatic carbocycles. The molecule has 0 rings (SSSR count). The van der Waals surface area contributed by atoms with Crippen LogP contribution in [-0.4, -0.2) is 48.8 Å². The summed E-state index contributed by atoms with van der Waals surface area (Å²) in [5, 5.41) is 8.67. The van der Waals surface area contributed by atoms with Crippen molar-refractivity contribution in [1.82, 2.24) is 9.80 Å². The Morgan fingerprint density at radius 3 is 2.31 bits per heavy atom. The summed E-state index contributed by atoms with van der Waals surface area (Å²) >= 11 is 0. The molecule has 1 atom stereocenters. The molecular formula is C11H19N3O2. The van der Waals surface area contributed by atoms with Crippen molar-refractivity contribution in [2.24, 2.45) is 5.92 Å². The van der Waals surface area contributed by atoms with E-state index in [1.807, 2.05) is 13.0 Å². The molecule has 0 aromatic rings. The molecule has 0 saturated heterocycles. The van der Waals surface area contributed by atoms with Gasteiger partial charge >= 0.3 is 0 Å². The standard InChI is InChI=1S/C11H19N3O2/c1-5-6-14(8-10(15)13(3)4)11(16)9(2)7-12/h9H,5-6,8H2,1-4H3. The second-order valence-corrected chi connectivity index (χ2v) is 3.90. The van der Waals surface area contributed by atoms with Crippen molar-refractivity contribution >= 4 is 11.8 Å². The molecule has 90 valence electrons. The SMILES string of the molecule is CCCN(CC(=O)N(C)C)C(=O)C(C)C#N. The quantitative estimate of drug-likeness (QED) is 0.683. The van der Waals surface area contributed by atoms with E-state index in [1.165, 1.54) is 9.80 Å². The Morgan fingerprint density at radius 2 is 1.94 bits per heavy atom. The van der Waals surface area contributed by atoms with Crippen molar-refractivity contribution < 1.29 is 9.59 Å². The first kappa shape index (κ1) is 14.4. The van der Waals surface area contributed by atoms with Crippen LogP contribution in [-0.2, 0) is 9.59 Å². The van der Waals surface area contributed by atoms with Gasteiger partial charge in [-0.1, -0.05) is 6.92 Å². The molecule has 0 heterocycles. The van der Waals surface area contributed by atoms with Crippen LogP contribution in [0.3, 0.4) is 0 Å². The van der Waals surface area contributed by atoms with Gasteiger partial charge in [-0.3, -0.25) is 9.59 Å². The summed E-state index contributed by atoms with van der Waals surface area (Å²) in [7, 11) is 3.29. The largest absolute Gasteiger partial charge is 0.347 e. The minimum atomic E-state index is -0.693. The summed E-state index contributed by atoms with van der Waals surface area (Å²) in [5.74, 6) is -1.10. The van der Waals surface area contributed by atoms with Crippen LogP contribution in [0.15, 0.2) is 0 Å². The lowest BCUT2D eigenvalue weighted by Gasteiger charge is -2.24. The van der Waals surface area contributed by atoms with E-state index in [-0.39, 0.29) is 18.4 Å². The Labute approximate surface area is 96.6 Å². The Balaban J connectivity index is 4.56. The number of nitrogens with zero attached hydrogens (tertiary/aromatic N) is 3. The van der Waals surface area contributed by atoms with Crippen molar-refractivity contribution in [3.8, 4) is 6.07 Å². The average Bonchev–Trinajstić information content (AvgIpc) is 2.26. The number of likely N-dealkylation sites (N-methyl/N-ethyl adjacent to an activating group) is 1. The first-order chi connectivity index (χ1) is 7.43. The molecule has 1 unspecified atom stereocenters. The molecule has 0 saturated carbocycles. The Kier molecular flexibility index (Phi) is 6.16. The Morgan fingerprint density at radius 1 is 1.38 bits per heavy atom. The minimum Gasteiger partial charge on any atom is -0.347 e. The zero-order valence-corrected chi connectivity index (χ0v) is 10.4. The van der Waals surface area contributed by atoms with Crippen LogP contribution in [0, 0.1) is 17.2 Å². The second kappa shape index (κ2) is 6.83. The maximum absolute atomic E-state index is 11.8. The third-order valence-electron chi connectivity index (χ3n) is 2.19. The fourth-order valence-corrected chi connectivity index (χ4v) is 1.17. The zero-order valence-electron chi connectivity index (χ0n) is 10.4. The van der Waals surface area contributed by atoms with Crippen LogP contribution >= 0.6 is 0 Å². The fourth-order valence-electron chi connectivity index (χ4n) is 1.17. The summed E-state index contributed by atoms with van der Waals surface area (Å²) < 4.78 is 0. The molecule has 0 spiro atoms. The highest BCUT2D eigenvalue weighted by Gasteiger charge is 2.22. The fraction of sp³-hybridized carbons (Fsp3) is 0.727. The molecule has 5 heteroatoms. The van der Waals surface area contributed by atoms with Crippen LogP contribution in [0.5, 0.6) is 0 Å². The Bertz CT molecular complexity index is 294. The van der Waals surface area contributed by atoms with E-state index in [2.05, 4.69) is 0 Å². The molecule has 0 aliphatic rings. The monoisotopic (exact) mass is 225 g/mol. The van der Waals surface area contributed by atoms with Crippen LogP contribution in [0.2, 0.25) is 0 Å². The number of hydrogen-bond acceptors (Lipinski definition) is 3. The summed E-state index contributed by atoms with van der Waals surface area (Å²) in [6.07, 6.45) is 0.768. The lowest BCUT2D eigenvalue weighted by atomic mass is 10.1. The predicted octanol–water partition coefficient (Wildman–Crippen LogP) is 0.473. The van der Waals surface area contributed by atoms with Gasteiger partial charge < -0.3 is 9.80 Å². The van der Waals surface area contributed by atoms with Gasteiger partial charge in [0.25, 0.3) is 0 Å². The van der Waals surface area contributed by atoms with E-state index in [9.17, 15) is 9.59 Å². The van der Waals surface area contributed by atoms with E-state index in [0.29, 0.717) is 6.54 Å². The molecule has 0 radical (unpaired) electrons. The first-order valence-corrected chi connectivity index (χ1v) is 5.32. The van der Waals surface area contributed by atoms with Crippen LogP contribution in [0.4, 0.5) is 0 Å². The van der Waals surface area contributed by atoms with Crippen LogP contribution in [0.25, 0.3) is 0 Å². The van der Waals surface area contributed by atoms with Gasteiger partial charge in [-0.15, -0.1) is 0 Å². The van der Waals surface area contributed by atoms with Gasteiger partial charge in [0.05, 0.1) is 12.6 Å². The molecular weight excluding hydrogens is 206 g/mol. The minimum absolute atomic E-state index is 0.0473. The maximum Gasteiger partial charge on any atom is 0.241 e. The molecule has 0 aromatic carbocycles. The topological polar surface area (TPSA) is 64.4 Å². The van der Waals surface area contributed by atoms with Crippen molar-refractivity contribution in [3.05, 3.63) is 0 Å². The molecule has 0 aromatic heterocycles. The van der Waals surface area contributed by atoms with Gasteiger partial charge in [-0.05, 0) is 13.3 Å². The highest BCUT2D eigenvalue weighted by atomic mass is 16.2. The normalized spacial score (nSPS) is 11.4. The maximum atomic E-state index is 11.8. The van der Waals surface area contributed by atoms with Crippen molar-refractivity contribution in [1.29, 1.82) is 5.26 Å². The molecule has 0 fully saturated rings. The van der Waals surface area contributed by atoms with Crippen molar-refractivity contribution in [2.75, 3.05) is 27.2 Å². The lowest BCUT2D eigenvalue weighted by Crippen LogP contribution is -2.42. The lowest BCUT2D eigenvalue weighted by molar-refractivity contribution is -0.140. The second-order valence-electron chi connectivity index (χ2n) is 3.90. The van der Waals surface area contributed by atoms with Gasteiger partial charge in [-0.25, -0.2) is 0 Å².